The van der Waals surface area contributed by atoms with Crippen LogP contribution in [0.2, 0.25) is 0 Å². The first-order valence-corrected chi connectivity index (χ1v) is 11.0. The van der Waals surface area contributed by atoms with Crippen LogP contribution in [0.25, 0.3) is 0 Å². The summed E-state index contributed by atoms with van der Waals surface area (Å²) in [6.07, 6.45) is 1.75. The van der Waals surface area contributed by atoms with Crippen molar-refractivity contribution >= 4 is 40.3 Å². The van der Waals surface area contributed by atoms with Gasteiger partial charge in [0.1, 0.15) is 5.82 Å². The molecule has 0 spiro atoms. The minimum absolute atomic E-state index is 0.155. The summed E-state index contributed by atoms with van der Waals surface area (Å²) in [6, 6.07) is 10.7. The molecule has 2 aliphatic heterocycles. The van der Waals surface area contributed by atoms with E-state index in [-0.39, 0.29) is 29.0 Å². The van der Waals surface area contributed by atoms with E-state index in [0.717, 1.165) is 5.82 Å². The number of rotatable bonds is 4. The highest BCUT2D eigenvalue weighted by Gasteiger charge is 2.29. The predicted molar refractivity (Wildman–Crippen MR) is 117 cm³/mol. The second kappa shape index (κ2) is 9.23. The lowest BCUT2D eigenvalue weighted by molar-refractivity contribution is -0.441. The van der Waals surface area contributed by atoms with Gasteiger partial charge in [-0.15, -0.1) is 8.80 Å². The Morgan fingerprint density at radius 3 is 2.68 bits per heavy atom. The maximum atomic E-state index is 13.1. The number of hydrogen-bond acceptors (Lipinski definition) is 6. The smallest absolute Gasteiger partial charge is 0.310 e. The number of phenols is 1. The molecule has 0 bridgehead atoms. The minimum Gasteiger partial charge on any atom is -0.502 e. The molecule has 1 aromatic heterocycles. The second-order valence-electron chi connectivity index (χ2n) is 6.89. The number of benzene rings is 1. The van der Waals surface area contributed by atoms with E-state index < -0.39 is 11.2 Å². The quantitative estimate of drug-likeness (QED) is 0.520. The molecule has 10 nitrogen and oxygen atoms in total. The number of amidine groups is 1. The Kier molecular flexibility index (Phi) is 6.23. The lowest BCUT2D eigenvalue weighted by Gasteiger charge is -2.35. The van der Waals surface area contributed by atoms with Gasteiger partial charge in [-0.1, -0.05) is 12.1 Å². The first-order valence-electron chi connectivity index (χ1n) is 9.91. The van der Waals surface area contributed by atoms with Gasteiger partial charge in [-0.3, -0.25) is 10.1 Å². The van der Waals surface area contributed by atoms with Crippen molar-refractivity contribution in [3.05, 3.63) is 48.2 Å². The maximum absolute atomic E-state index is 13.1. The molecule has 1 saturated heterocycles. The van der Waals surface area contributed by atoms with E-state index in [0.29, 0.717) is 38.5 Å². The lowest BCUT2D eigenvalue weighted by Crippen LogP contribution is -2.84. The first-order chi connectivity index (χ1) is 15.1. The molecule has 162 valence electrons. The van der Waals surface area contributed by atoms with Gasteiger partial charge in [0.25, 0.3) is 17.1 Å². The van der Waals surface area contributed by atoms with Crippen molar-refractivity contribution in [3.8, 4) is 5.75 Å². The molecule has 1 atom stereocenters. The van der Waals surface area contributed by atoms with Crippen LogP contribution >= 0.6 is 0 Å². The fourth-order valence-electron chi connectivity index (χ4n) is 3.43. The molecular weight excluding hydrogens is 420 g/mol. The van der Waals surface area contributed by atoms with Crippen LogP contribution in [-0.2, 0) is 15.9 Å². The number of phenolic OH excluding ortho intramolecular Hbond substituents is 1. The van der Waals surface area contributed by atoms with E-state index in [4.69, 9.17) is 4.74 Å². The second-order valence-corrected chi connectivity index (χ2v) is 7.72. The summed E-state index contributed by atoms with van der Waals surface area (Å²) < 4.78 is 24.7. The number of amides is 1. The molecule has 31 heavy (non-hydrogen) atoms. The van der Waals surface area contributed by atoms with E-state index in [2.05, 4.69) is 18.7 Å². The van der Waals surface area contributed by atoms with Crippen LogP contribution in [-0.4, -0.2) is 69.6 Å². The highest BCUT2D eigenvalue weighted by atomic mass is 32.2. The minimum atomic E-state index is -1.75. The summed E-state index contributed by atoms with van der Waals surface area (Å²) in [5, 5.41) is 12.3. The number of pyridine rings is 1. The van der Waals surface area contributed by atoms with Crippen molar-refractivity contribution < 1.29 is 24.2 Å². The van der Waals surface area contributed by atoms with Gasteiger partial charge < -0.3 is 19.6 Å². The van der Waals surface area contributed by atoms with Crippen LogP contribution in [0.4, 0.5) is 11.5 Å². The molecule has 1 amide bonds. The summed E-state index contributed by atoms with van der Waals surface area (Å²) in [5.74, 6) is 0.905. The van der Waals surface area contributed by atoms with Crippen molar-refractivity contribution in [1.29, 1.82) is 0 Å². The third kappa shape index (κ3) is 4.57. The standard InChI is InChI=1S/C20H22N6O4S/c1-2-30-19-18(23-31(29)24-19)22-15-7-5-6-14(17(15)27)20(28)26-12-10-25(11-13-26)16-8-3-4-9-21-16/h3-9,27H,2,10-13H2,1H3,(H,22,23)/p+1. The van der Waals surface area contributed by atoms with Gasteiger partial charge >= 0.3 is 11.7 Å². The molecular formula is C20H23N6O4S+. The molecule has 4 rings (SSSR count). The Hall–Kier alpha value is -3.31. The van der Waals surface area contributed by atoms with Gasteiger partial charge in [0.05, 0.1) is 12.2 Å². The number of aromatic nitrogens is 1. The van der Waals surface area contributed by atoms with Crippen LogP contribution in [0.1, 0.15) is 17.3 Å². The highest BCUT2D eigenvalue weighted by Crippen LogP contribution is 2.26. The average molecular weight is 444 g/mol. The zero-order chi connectivity index (χ0) is 21.8. The molecule has 0 saturated carbocycles. The summed E-state index contributed by atoms with van der Waals surface area (Å²) in [7, 11) is 0. The molecule has 2 aromatic rings. The largest absolute Gasteiger partial charge is 0.502 e. The molecule has 3 N–H and O–H groups in total. The number of carbonyl (C=O) groups excluding carboxylic acids is 1. The van der Waals surface area contributed by atoms with E-state index in [1.807, 2.05) is 18.2 Å². The fraction of sp³-hybridized carbons (Fsp3) is 0.300. The van der Waals surface area contributed by atoms with Gasteiger partial charge in [-0.25, -0.2) is 9.19 Å². The summed E-state index contributed by atoms with van der Waals surface area (Å²) in [5.41, 5.74) is 0.581. The van der Waals surface area contributed by atoms with Gasteiger partial charge in [0, 0.05) is 38.4 Å². The third-order valence-corrected chi connectivity index (χ3v) is 5.64. The number of carbonyl (C=O) groups is 1. The van der Waals surface area contributed by atoms with Gasteiger partial charge in [0.15, 0.2) is 11.4 Å². The Morgan fingerprint density at radius 1 is 1.16 bits per heavy atom. The van der Waals surface area contributed by atoms with Crippen LogP contribution in [0.15, 0.2) is 51.4 Å². The van der Waals surface area contributed by atoms with Crippen molar-refractivity contribution in [1.82, 2.24) is 9.88 Å². The lowest BCUT2D eigenvalue weighted by atomic mass is 10.1. The van der Waals surface area contributed by atoms with Crippen molar-refractivity contribution in [2.45, 2.75) is 6.92 Å². The SMILES string of the molecule is CCOC1=NS(=O)N=C1[NH2+]c1cccc(C(=O)N2CCN(c3ccccn3)CC2)c1O. The number of para-hydroxylation sites is 1. The number of piperazine rings is 1. The number of nitrogens with two attached hydrogens (primary N) is 1. The van der Waals surface area contributed by atoms with E-state index in [1.165, 1.54) is 5.32 Å². The number of anilines is 1. The molecule has 1 aromatic carbocycles. The Labute approximate surface area is 182 Å². The van der Waals surface area contributed by atoms with Crippen LogP contribution in [0, 0.1) is 0 Å². The Balaban J connectivity index is 1.46. The third-order valence-electron chi connectivity index (χ3n) is 4.97. The van der Waals surface area contributed by atoms with E-state index >= 15 is 0 Å². The molecule has 1 fully saturated rings. The van der Waals surface area contributed by atoms with E-state index in [9.17, 15) is 14.1 Å². The number of aromatic hydroxyl groups is 1. The number of nitrogens with zero attached hydrogens (tertiary/aromatic N) is 5. The Bertz CT molecular complexity index is 1050. The zero-order valence-electron chi connectivity index (χ0n) is 17.0. The monoisotopic (exact) mass is 443 g/mol. The van der Waals surface area contributed by atoms with Crippen LogP contribution < -0.4 is 10.2 Å². The maximum Gasteiger partial charge on any atom is 0.310 e. The molecule has 11 heteroatoms. The number of quaternary nitrogens is 1. The Morgan fingerprint density at radius 2 is 1.97 bits per heavy atom. The van der Waals surface area contributed by atoms with Gasteiger partial charge in [0.2, 0.25) is 0 Å². The normalized spacial score (nSPS) is 18.5. The highest BCUT2D eigenvalue weighted by molar-refractivity contribution is 7.83. The predicted octanol–water partition coefficient (Wildman–Crippen LogP) is 0.370. The molecule has 1 unspecified atom stereocenters. The van der Waals surface area contributed by atoms with Gasteiger partial charge in [-0.2, -0.15) is 0 Å². The molecule has 3 heterocycles. The topological polar surface area (TPSA) is 124 Å². The number of hydrogen-bond donors (Lipinski definition) is 2. The molecule has 2 aliphatic rings. The number of ether oxygens (including phenoxy) is 1. The molecule has 0 radical (unpaired) electrons. The van der Waals surface area contributed by atoms with Crippen molar-refractivity contribution in [2.24, 2.45) is 8.80 Å². The summed E-state index contributed by atoms with van der Waals surface area (Å²) in [6.45, 7) is 4.49. The first kappa shape index (κ1) is 20.9. The summed E-state index contributed by atoms with van der Waals surface area (Å²) >= 11 is -1.75. The fourth-order valence-corrected chi connectivity index (χ4v) is 4.06. The zero-order valence-corrected chi connectivity index (χ0v) is 17.8. The van der Waals surface area contributed by atoms with Crippen LogP contribution in [0.3, 0.4) is 0 Å². The van der Waals surface area contributed by atoms with Gasteiger partial charge in [-0.05, 0) is 25.1 Å². The van der Waals surface area contributed by atoms with Crippen molar-refractivity contribution in [2.75, 3.05) is 37.7 Å². The van der Waals surface area contributed by atoms with E-state index in [1.54, 1.807) is 36.2 Å². The molecule has 0 aliphatic carbocycles. The van der Waals surface area contributed by atoms with Crippen molar-refractivity contribution in [3.63, 3.8) is 0 Å². The summed E-state index contributed by atoms with van der Waals surface area (Å²) in [4.78, 5) is 21.3. The average Bonchev–Trinajstić information content (AvgIpc) is 3.14. The van der Waals surface area contributed by atoms with Crippen LogP contribution in [0.5, 0.6) is 5.75 Å².